The first-order valence-electron chi connectivity index (χ1n) is 5.50. The lowest BCUT2D eigenvalue weighted by Crippen LogP contribution is -2.26. The van der Waals surface area contributed by atoms with Gasteiger partial charge in [-0.05, 0) is 27.7 Å². The third-order valence-electron chi connectivity index (χ3n) is 2.36. The van der Waals surface area contributed by atoms with E-state index in [1.165, 1.54) is 13.0 Å². The first-order chi connectivity index (χ1) is 8.60. The van der Waals surface area contributed by atoms with Gasteiger partial charge in [0.2, 0.25) is 0 Å². The predicted octanol–water partition coefficient (Wildman–Crippen LogP) is 2.68. The molecule has 2 N–H and O–H groups in total. The average Bonchev–Trinajstić information content (AvgIpc) is 2.25. The molecule has 0 bridgehead atoms. The number of carbonyl (C=O) groups is 1. The van der Waals surface area contributed by atoms with Crippen molar-refractivity contribution in [1.29, 1.82) is 5.26 Å². The van der Waals surface area contributed by atoms with Crippen LogP contribution in [0.15, 0.2) is 0 Å². The molecular weight excluding hydrogens is 254 g/mol. The van der Waals surface area contributed by atoms with Crippen LogP contribution in [0.25, 0.3) is 0 Å². The summed E-state index contributed by atoms with van der Waals surface area (Å²) < 4.78 is 32.8. The first kappa shape index (κ1) is 14.9. The van der Waals surface area contributed by atoms with Crippen LogP contribution in [-0.2, 0) is 4.74 Å². The summed E-state index contributed by atoms with van der Waals surface area (Å²) in [7, 11) is 0. The summed E-state index contributed by atoms with van der Waals surface area (Å²) in [5.74, 6) is -3.16. The maximum atomic E-state index is 14.0. The van der Waals surface area contributed by atoms with Crippen LogP contribution in [0.4, 0.5) is 14.5 Å². The summed E-state index contributed by atoms with van der Waals surface area (Å²) in [5, 5.41) is 8.71. The van der Waals surface area contributed by atoms with Crippen LogP contribution < -0.4 is 5.73 Å². The number of esters is 1. The Morgan fingerprint density at radius 1 is 1.32 bits per heavy atom. The Bertz CT molecular complexity index is 555. The fraction of sp³-hybridized carbons (Fsp3) is 0.385. The monoisotopic (exact) mass is 268 g/mol. The first-order valence-corrected chi connectivity index (χ1v) is 5.50. The second kappa shape index (κ2) is 4.84. The number of rotatable bonds is 1. The Kier molecular flexibility index (Phi) is 3.80. The molecule has 1 aromatic rings. The van der Waals surface area contributed by atoms with Crippen LogP contribution in [0.1, 0.15) is 42.3 Å². The molecule has 0 aliphatic rings. The van der Waals surface area contributed by atoms with Crippen molar-refractivity contribution < 1.29 is 18.3 Å². The van der Waals surface area contributed by atoms with Crippen molar-refractivity contribution in [3.05, 3.63) is 28.3 Å². The maximum absolute atomic E-state index is 14.0. The van der Waals surface area contributed by atoms with Crippen LogP contribution in [0.5, 0.6) is 0 Å². The molecule has 102 valence electrons. The highest BCUT2D eigenvalue weighted by Crippen LogP contribution is 2.28. The number of ether oxygens (including phenoxy) is 1. The van der Waals surface area contributed by atoms with E-state index in [9.17, 15) is 13.6 Å². The van der Waals surface area contributed by atoms with E-state index in [-0.39, 0.29) is 5.56 Å². The van der Waals surface area contributed by atoms with Crippen molar-refractivity contribution >= 4 is 11.7 Å². The van der Waals surface area contributed by atoms with E-state index >= 15 is 0 Å². The molecule has 0 fully saturated rings. The summed E-state index contributed by atoms with van der Waals surface area (Å²) in [6, 6.07) is 1.47. The molecule has 1 rings (SSSR count). The Morgan fingerprint density at radius 3 is 2.26 bits per heavy atom. The van der Waals surface area contributed by atoms with Crippen LogP contribution in [-0.4, -0.2) is 11.6 Å². The minimum atomic E-state index is -1.13. The number of nitrogens with two attached hydrogens (primary N) is 1. The second-order valence-electron chi connectivity index (χ2n) is 5.03. The lowest BCUT2D eigenvalue weighted by molar-refractivity contribution is 0.00633. The van der Waals surface area contributed by atoms with Crippen molar-refractivity contribution in [1.82, 2.24) is 0 Å². The molecule has 0 heterocycles. The number of carbonyl (C=O) groups excluding carboxylic acids is 1. The van der Waals surface area contributed by atoms with Gasteiger partial charge in [0.1, 0.15) is 28.6 Å². The van der Waals surface area contributed by atoms with Gasteiger partial charge in [-0.2, -0.15) is 5.26 Å². The van der Waals surface area contributed by atoms with Gasteiger partial charge in [0.05, 0.1) is 5.69 Å². The van der Waals surface area contributed by atoms with Gasteiger partial charge >= 0.3 is 5.97 Å². The average molecular weight is 268 g/mol. The number of hydrogen-bond donors (Lipinski definition) is 1. The standard InChI is InChI=1S/C13H14F2N2O2/c1-6-8(12(18)19-13(2,3)4)10(15)11(17)7(5-16)9(6)14/h17H2,1-4H3. The number of anilines is 1. The summed E-state index contributed by atoms with van der Waals surface area (Å²) in [6.07, 6.45) is 0. The Labute approximate surface area is 109 Å². The van der Waals surface area contributed by atoms with Crippen LogP contribution in [0.3, 0.4) is 0 Å². The Balaban J connectivity index is 3.47. The van der Waals surface area contributed by atoms with Gasteiger partial charge in [-0.25, -0.2) is 13.6 Å². The van der Waals surface area contributed by atoms with Crippen molar-refractivity contribution in [2.45, 2.75) is 33.3 Å². The molecule has 0 spiro atoms. The topological polar surface area (TPSA) is 76.1 Å². The van der Waals surface area contributed by atoms with E-state index < -0.39 is 40.0 Å². The van der Waals surface area contributed by atoms with Crippen LogP contribution in [0.2, 0.25) is 0 Å². The molecule has 0 aliphatic carbocycles. The summed E-state index contributed by atoms with van der Waals surface area (Å²) >= 11 is 0. The third-order valence-corrected chi connectivity index (χ3v) is 2.36. The zero-order valence-corrected chi connectivity index (χ0v) is 11.1. The molecular formula is C13H14F2N2O2. The van der Waals surface area contributed by atoms with Crippen LogP contribution in [0, 0.1) is 29.9 Å². The lowest BCUT2D eigenvalue weighted by atomic mass is 10.0. The molecule has 1 aromatic carbocycles. The fourth-order valence-corrected chi connectivity index (χ4v) is 1.51. The van der Waals surface area contributed by atoms with Crippen molar-refractivity contribution in [3.63, 3.8) is 0 Å². The van der Waals surface area contributed by atoms with E-state index in [1.54, 1.807) is 20.8 Å². The molecule has 0 aliphatic heterocycles. The van der Waals surface area contributed by atoms with Crippen molar-refractivity contribution in [3.8, 4) is 6.07 Å². The molecule has 19 heavy (non-hydrogen) atoms. The molecule has 6 heteroatoms. The summed E-state index contributed by atoms with van der Waals surface area (Å²) in [4.78, 5) is 11.8. The highest BCUT2D eigenvalue weighted by Gasteiger charge is 2.28. The molecule has 0 unspecified atom stereocenters. The number of nitrogen functional groups attached to an aromatic ring is 1. The molecule has 0 saturated carbocycles. The maximum Gasteiger partial charge on any atom is 0.342 e. The van der Waals surface area contributed by atoms with Gasteiger partial charge in [-0.1, -0.05) is 0 Å². The van der Waals surface area contributed by atoms with E-state index in [4.69, 9.17) is 15.7 Å². The van der Waals surface area contributed by atoms with Gasteiger partial charge in [-0.3, -0.25) is 0 Å². The summed E-state index contributed by atoms with van der Waals surface area (Å²) in [6.45, 7) is 5.99. The highest BCUT2D eigenvalue weighted by molar-refractivity contribution is 5.93. The van der Waals surface area contributed by atoms with Gasteiger partial charge in [0.15, 0.2) is 5.82 Å². The number of hydrogen-bond acceptors (Lipinski definition) is 4. The minimum absolute atomic E-state index is 0.294. The van der Waals surface area contributed by atoms with Gasteiger partial charge in [0.25, 0.3) is 0 Å². The largest absolute Gasteiger partial charge is 0.456 e. The van der Waals surface area contributed by atoms with Crippen molar-refractivity contribution in [2.24, 2.45) is 0 Å². The van der Waals surface area contributed by atoms with Gasteiger partial charge in [0, 0.05) is 5.56 Å². The number of nitrogens with zero attached hydrogens (tertiary/aromatic N) is 1. The quantitative estimate of drug-likeness (QED) is 0.627. The molecule has 0 aromatic heterocycles. The Morgan fingerprint density at radius 2 is 1.84 bits per heavy atom. The number of benzene rings is 1. The molecule has 0 radical (unpaired) electrons. The Hall–Kier alpha value is -2.16. The second-order valence-corrected chi connectivity index (χ2v) is 5.03. The smallest absolute Gasteiger partial charge is 0.342 e. The molecule has 4 nitrogen and oxygen atoms in total. The van der Waals surface area contributed by atoms with Crippen LogP contribution >= 0.6 is 0 Å². The highest BCUT2D eigenvalue weighted by atomic mass is 19.1. The minimum Gasteiger partial charge on any atom is -0.456 e. The SMILES string of the molecule is Cc1c(F)c(C#N)c(N)c(F)c1C(=O)OC(C)(C)C. The van der Waals surface area contributed by atoms with Gasteiger partial charge < -0.3 is 10.5 Å². The molecule has 0 amide bonds. The number of nitriles is 1. The van der Waals surface area contributed by atoms with Gasteiger partial charge in [-0.15, -0.1) is 0 Å². The van der Waals surface area contributed by atoms with E-state index in [1.807, 2.05) is 0 Å². The lowest BCUT2D eigenvalue weighted by Gasteiger charge is -2.21. The van der Waals surface area contributed by atoms with Crippen molar-refractivity contribution in [2.75, 3.05) is 5.73 Å². The number of halogens is 2. The zero-order valence-electron chi connectivity index (χ0n) is 11.1. The predicted molar refractivity (Wildman–Crippen MR) is 65.4 cm³/mol. The molecule has 0 saturated heterocycles. The molecule has 0 atom stereocenters. The fourth-order valence-electron chi connectivity index (χ4n) is 1.51. The normalized spacial score (nSPS) is 11.0. The van der Waals surface area contributed by atoms with E-state index in [0.29, 0.717) is 0 Å². The van der Waals surface area contributed by atoms with E-state index in [2.05, 4.69) is 0 Å². The zero-order chi connectivity index (χ0) is 15.0. The summed E-state index contributed by atoms with van der Waals surface area (Å²) in [5.41, 5.74) is 2.30. The third kappa shape index (κ3) is 2.81. The van der Waals surface area contributed by atoms with E-state index in [0.717, 1.165) is 0 Å².